The maximum Gasteiger partial charge on any atom is 1.00 e. The summed E-state index contributed by atoms with van der Waals surface area (Å²) in [6, 6.07) is 0. The third-order valence-electron chi connectivity index (χ3n) is 0.963. The first kappa shape index (κ1) is 30.5. The molecule has 14 heavy (non-hydrogen) atoms. The molecule has 0 heterocycles. The van der Waals surface area contributed by atoms with Crippen LogP contribution in [-0.4, -0.2) is 37.3 Å². The molecule has 0 rings (SSSR count). The van der Waals surface area contributed by atoms with E-state index < -0.39 is 17.6 Å². The summed E-state index contributed by atoms with van der Waals surface area (Å²) in [6.45, 7) is 7.49. The zero-order valence-corrected chi connectivity index (χ0v) is 19.2. The molecule has 0 spiro atoms. The van der Waals surface area contributed by atoms with Crippen molar-refractivity contribution in [2.75, 3.05) is 14.2 Å². The van der Waals surface area contributed by atoms with Crippen LogP contribution in [0.2, 0.25) is 26.2 Å². The van der Waals surface area contributed by atoms with Gasteiger partial charge in [-0.05, 0) is 13.1 Å². The fraction of sp³-hybridized carbons (Fsp3) is 1.00. The summed E-state index contributed by atoms with van der Waals surface area (Å²) in [6.07, 6.45) is 0. The Morgan fingerprint density at radius 3 is 1.29 bits per heavy atom. The Labute approximate surface area is 177 Å². The maximum absolute atomic E-state index is 10.4. The standard InChI is InChI=1S/C3H9O2Si.C3H10OSi.2K.H2O.H2/c1-5-6(2,3)4;1-4-5(2)3;;;;/h1-3H3;5H,1-3H3;;;1H2;1H/q-1;;2*+1;;/p-1. The van der Waals surface area contributed by atoms with E-state index in [0.29, 0.717) is 0 Å². The molecule has 0 unspecified atom stereocenters. The monoisotopic (exact) mass is 292 g/mol. The minimum absolute atomic E-state index is 0. The average Bonchev–Trinajstić information content (AvgIpc) is 1.88. The number of hydrogen-bond donors (Lipinski definition) is 0. The van der Waals surface area contributed by atoms with Gasteiger partial charge in [-0.1, -0.05) is 13.1 Å². The van der Waals surface area contributed by atoms with Gasteiger partial charge in [0.05, 0.1) is 8.56 Å². The Kier molecular flexibility index (Phi) is 41.2. The van der Waals surface area contributed by atoms with Crippen LogP contribution in [0.5, 0.6) is 0 Å². The first-order valence-corrected chi connectivity index (χ1v) is 9.21. The molecule has 0 fully saturated rings. The summed E-state index contributed by atoms with van der Waals surface area (Å²) >= 11 is 0. The first-order chi connectivity index (χ1) is 4.83. The van der Waals surface area contributed by atoms with Gasteiger partial charge < -0.3 is 19.1 Å². The van der Waals surface area contributed by atoms with E-state index in [2.05, 4.69) is 17.5 Å². The molecule has 0 saturated carbocycles. The van der Waals surface area contributed by atoms with Gasteiger partial charge >= 0.3 is 103 Å². The Balaban J connectivity index is -0.0000000215. The molecule has 8 heteroatoms. The Morgan fingerprint density at radius 1 is 1.14 bits per heavy atom. The predicted octanol–water partition coefficient (Wildman–Crippen LogP) is -5.61. The van der Waals surface area contributed by atoms with Crippen molar-refractivity contribution in [3.63, 3.8) is 0 Å². The smallest absolute Gasteiger partial charge is 0.870 e. The number of rotatable bonds is 2. The third kappa shape index (κ3) is 45.0. The molecule has 0 saturated heterocycles. The van der Waals surface area contributed by atoms with E-state index in [1.54, 1.807) is 20.2 Å². The van der Waals surface area contributed by atoms with Crippen molar-refractivity contribution in [2.24, 2.45) is 0 Å². The van der Waals surface area contributed by atoms with Crippen LogP contribution < -0.4 is 108 Å². The van der Waals surface area contributed by atoms with Crippen molar-refractivity contribution >= 4 is 17.6 Å². The quantitative estimate of drug-likeness (QED) is 0.476. The second kappa shape index (κ2) is 18.9. The van der Waals surface area contributed by atoms with Crippen molar-refractivity contribution in [3.8, 4) is 0 Å². The van der Waals surface area contributed by atoms with Crippen molar-refractivity contribution < 1.29 is 123 Å². The molecule has 0 bridgehead atoms. The summed E-state index contributed by atoms with van der Waals surface area (Å²) in [7, 11) is 0.188. The molecule has 0 aromatic heterocycles. The van der Waals surface area contributed by atoms with Gasteiger partial charge in [-0.15, -0.1) is 0 Å². The Morgan fingerprint density at radius 2 is 1.29 bits per heavy atom. The van der Waals surface area contributed by atoms with Crippen molar-refractivity contribution in [3.05, 3.63) is 0 Å². The van der Waals surface area contributed by atoms with E-state index in [0.717, 1.165) is 0 Å². The fourth-order valence-corrected chi connectivity index (χ4v) is 0. The summed E-state index contributed by atoms with van der Waals surface area (Å²) in [4.78, 5) is 10.4. The summed E-state index contributed by atoms with van der Waals surface area (Å²) in [5, 5.41) is 0. The zero-order chi connectivity index (χ0) is 9.49. The molecule has 80 valence electrons. The van der Waals surface area contributed by atoms with Gasteiger partial charge in [-0.25, -0.2) is 0 Å². The minimum Gasteiger partial charge on any atom is -0.870 e. The molecule has 0 aromatic carbocycles. The molecule has 1 N–H and O–H groups in total. The molecular weight excluding hydrogens is 270 g/mol. The zero-order valence-electron chi connectivity index (χ0n) is 10.7. The van der Waals surface area contributed by atoms with Gasteiger partial charge in [-0.3, -0.25) is 0 Å². The maximum atomic E-state index is 10.4. The molecule has 0 radical (unpaired) electrons. The summed E-state index contributed by atoms with van der Waals surface area (Å²) in [5.74, 6) is 0. The molecule has 0 aliphatic rings. The van der Waals surface area contributed by atoms with Crippen molar-refractivity contribution in [1.82, 2.24) is 0 Å². The van der Waals surface area contributed by atoms with Crippen molar-refractivity contribution in [1.29, 1.82) is 0 Å². The average molecular weight is 293 g/mol. The second-order valence-electron chi connectivity index (χ2n) is 2.89. The van der Waals surface area contributed by atoms with Crippen LogP contribution in [0.1, 0.15) is 1.43 Å². The van der Waals surface area contributed by atoms with E-state index >= 15 is 0 Å². The van der Waals surface area contributed by atoms with Crippen LogP contribution in [0.15, 0.2) is 0 Å². The molecule has 0 aliphatic heterocycles. The van der Waals surface area contributed by atoms with Crippen LogP contribution in [0.4, 0.5) is 0 Å². The normalized spacial score (nSPS) is 8.57. The fourth-order valence-electron chi connectivity index (χ4n) is 0. The van der Waals surface area contributed by atoms with Gasteiger partial charge in [-0.2, -0.15) is 0 Å². The molecular formula is C6H22K2O4Si2. The van der Waals surface area contributed by atoms with Crippen LogP contribution in [0.25, 0.3) is 0 Å². The minimum atomic E-state index is -2.38. The first-order valence-electron chi connectivity index (χ1n) is 3.62. The molecule has 4 nitrogen and oxygen atoms in total. The van der Waals surface area contributed by atoms with Gasteiger partial charge in [0.25, 0.3) is 0 Å². The topological polar surface area (TPSA) is 71.5 Å². The second-order valence-corrected chi connectivity index (χ2v) is 8.67. The van der Waals surface area contributed by atoms with E-state index in [1.807, 2.05) is 0 Å². The van der Waals surface area contributed by atoms with Gasteiger partial charge in [0.15, 0.2) is 9.04 Å². The molecule has 0 amide bonds. The van der Waals surface area contributed by atoms with Crippen LogP contribution >= 0.6 is 0 Å². The Bertz CT molecular complexity index is 95.7. The van der Waals surface area contributed by atoms with Crippen LogP contribution in [-0.2, 0) is 8.85 Å². The van der Waals surface area contributed by atoms with Crippen molar-refractivity contribution in [2.45, 2.75) is 26.2 Å². The molecule has 0 atom stereocenters. The Hall–Kier alpha value is 3.55. The third-order valence-corrected chi connectivity index (χ3v) is 2.89. The summed E-state index contributed by atoms with van der Waals surface area (Å²) < 4.78 is 9.41. The SMILES string of the molecule is CO[SiH](C)C.CO[Si](C)(C)[O-].[HH].[K+].[K+].[OH-]. The summed E-state index contributed by atoms with van der Waals surface area (Å²) in [5.41, 5.74) is 0. The van der Waals surface area contributed by atoms with E-state index in [-0.39, 0.29) is 110 Å². The van der Waals surface area contributed by atoms with Crippen LogP contribution in [0, 0.1) is 0 Å². The molecule has 0 aromatic rings. The van der Waals surface area contributed by atoms with Gasteiger partial charge in [0, 0.05) is 15.6 Å². The predicted molar refractivity (Wildman–Crippen MR) is 54.4 cm³/mol. The van der Waals surface area contributed by atoms with E-state index in [4.69, 9.17) is 4.43 Å². The largest absolute Gasteiger partial charge is 1.00 e. The van der Waals surface area contributed by atoms with E-state index in [1.165, 1.54) is 7.11 Å². The molecule has 0 aliphatic carbocycles. The number of hydrogen-bond acceptors (Lipinski definition) is 4. The van der Waals surface area contributed by atoms with Gasteiger partial charge in [0.1, 0.15) is 0 Å². The van der Waals surface area contributed by atoms with Crippen LogP contribution in [0.3, 0.4) is 0 Å². The van der Waals surface area contributed by atoms with Gasteiger partial charge in [0.2, 0.25) is 0 Å². The van der Waals surface area contributed by atoms with E-state index in [9.17, 15) is 4.80 Å².